The maximum absolute atomic E-state index is 11.9. The van der Waals surface area contributed by atoms with Crippen molar-refractivity contribution in [2.45, 2.75) is 18.9 Å². The van der Waals surface area contributed by atoms with Gasteiger partial charge in [0.1, 0.15) is 17.7 Å². The lowest BCUT2D eigenvalue weighted by Gasteiger charge is -2.28. The third kappa shape index (κ3) is 3.41. The highest BCUT2D eigenvalue weighted by molar-refractivity contribution is 5.84. The van der Waals surface area contributed by atoms with Crippen LogP contribution in [0, 0.1) is 29.6 Å². The van der Waals surface area contributed by atoms with Crippen molar-refractivity contribution >= 4 is 11.8 Å². The topological polar surface area (TPSA) is 118 Å². The summed E-state index contributed by atoms with van der Waals surface area (Å²) in [4.78, 5) is 11.9. The van der Waals surface area contributed by atoms with E-state index in [1.807, 2.05) is 25.1 Å². The van der Waals surface area contributed by atoms with Crippen molar-refractivity contribution in [3.63, 3.8) is 0 Å². The van der Waals surface area contributed by atoms with Crippen LogP contribution >= 0.6 is 0 Å². The van der Waals surface area contributed by atoms with Crippen molar-refractivity contribution in [3.05, 3.63) is 66.0 Å². The van der Waals surface area contributed by atoms with Gasteiger partial charge in [-0.05, 0) is 18.1 Å². The number of hydrogen-bond donors (Lipinski definition) is 2. The summed E-state index contributed by atoms with van der Waals surface area (Å²) in [5.74, 6) is -3.62. The second kappa shape index (κ2) is 7.38. The van der Waals surface area contributed by atoms with E-state index < -0.39 is 23.8 Å². The minimum Gasteiger partial charge on any atom is -0.543 e. The number of nitriles is 1. The lowest BCUT2D eigenvalue weighted by atomic mass is 9.78. The van der Waals surface area contributed by atoms with Crippen molar-refractivity contribution in [3.8, 4) is 6.07 Å². The molecule has 3 atom stereocenters. The molecule has 3 unspecified atom stereocenters. The van der Waals surface area contributed by atoms with Crippen molar-refractivity contribution < 1.29 is 14.5 Å². The Kier molecular flexibility index (Phi) is 5.27. The summed E-state index contributed by atoms with van der Waals surface area (Å²) in [6, 6.07) is 13.2. The van der Waals surface area contributed by atoms with Crippen LogP contribution in [0.1, 0.15) is 23.1 Å². The number of nitrogens with two attached hydrogens (primary N) is 1. The molecular formula is C18H18N4O2. The van der Waals surface area contributed by atoms with Gasteiger partial charge in [0.2, 0.25) is 6.04 Å². The molecule has 6 heteroatoms. The van der Waals surface area contributed by atoms with E-state index in [4.69, 9.17) is 11.1 Å². The van der Waals surface area contributed by atoms with Crippen LogP contribution in [-0.4, -0.2) is 11.8 Å². The first-order valence-electron chi connectivity index (χ1n) is 7.43. The summed E-state index contributed by atoms with van der Waals surface area (Å²) in [6.45, 7) is 1.83. The summed E-state index contributed by atoms with van der Waals surface area (Å²) >= 11 is 0. The van der Waals surface area contributed by atoms with Crippen molar-refractivity contribution in [2.24, 2.45) is 11.7 Å². The molecule has 0 aliphatic rings. The quantitative estimate of drug-likeness (QED) is 0.455. The molecule has 0 radical (unpaired) electrons. The molecule has 122 valence electrons. The Bertz CT molecular complexity index is 783. The van der Waals surface area contributed by atoms with E-state index in [-0.39, 0.29) is 5.84 Å². The van der Waals surface area contributed by atoms with Crippen LogP contribution in [0.2, 0.25) is 0 Å². The predicted molar refractivity (Wildman–Crippen MR) is 85.6 cm³/mol. The largest absolute Gasteiger partial charge is 0.543 e. The summed E-state index contributed by atoms with van der Waals surface area (Å²) in [5.41, 5.74) is 7.07. The molecule has 1 heterocycles. The Hall–Kier alpha value is -3.20. The van der Waals surface area contributed by atoms with Gasteiger partial charge in [0.25, 0.3) is 0 Å². The molecule has 3 N–H and O–H groups in total. The van der Waals surface area contributed by atoms with Crippen molar-refractivity contribution in [1.29, 1.82) is 10.7 Å². The molecule has 0 aliphatic carbocycles. The standard InChI is InChI=1S/C18H18N4O2/c1-12-7-3-4-8-13(12)15(14(11-19)17(20)21)16(18(23)24)22-9-5-2-6-10-22/h2-10,14-16H,1H3,(H3-,20,21,23,24). The zero-order chi connectivity index (χ0) is 17.7. The molecule has 6 nitrogen and oxygen atoms in total. The Morgan fingerprint density at radius 3 is 2.38 bits per heavy atom. The number of pyridine rings is 1. The van der Waals surface area contributed by atoms with Gasteiger partial charge in [0.15, 0.2) is 12.4 Å². The van der Waals surface area contributed by atoms with Gasteiger partial charge in [-0.15, -0.1) is 0 Å². The highest BCUT2D eigenvalue weighted by atomic mass is 16.4. The number of nitrogens with zero attached hydrogens (tertiary/aromatic N) is 2. The SMILES string of the molecule is Cc1ccccc1C(C(C#N)C(=N)N)C(C(=O)[O-])[n+]1ccccc1. The number of amidine groups is 1. The Balaban J connectivity index is 2.68. The molecule has 0 bridgehead atoms. The van der Waals surface area contributed by atoms with Gasteiger partial charge in [0.05, 0.1) is 12.0 Å². The van der Waals surface area contributed by atoms with Gasteiger partial charge < -0.3 is 15.6 Å². The lowest BCUT2D eigenvalue weighted by molar-refractivity contribution is -0.719. The van der Waals surface area contributed by atoms with E-state index in [0.717, 1.165) is 5.56 Å². The fraction of sp³-hybridized carbons (Fsp3) is 0.222. The summed E-state index contributed by atoms with van der Waals surface area (Å²) < 4.78 is 1.47. The fourth-order valence-corrected chi connectivity index (χ4v) is 2.89. The number of rotatable bonds is 6. The summed E-state index contributed by atoms with van der Waals surface area (Å²) in [5, 5.41) is 29.2. The van der Waals surface area contributed by atoms with Crippen LogP contribution in [0.15, 0.2) is 54.9 Å². The van der Waals surface area contributed by atoms with E-state index in [2.05, 4.69) is 0 Å². The molecule has 0 saturated carbocycles. The van der Waals surface area contributed by atoms with Gasteiger partial charge in [-0.3, -0.25) is 5.41 Å². The number of hydrogen-bond acceptors (Lipinski definition) is 4. The van der Waals surface area contributed by atoms with Crippen LogP contribution in [0.4, 0.5) is 0 Å². The number of aliphatic carboxylic acids is 1. The van der Waals surface area contributed by atoms with Gasteiger partial charge in [-0.25, -0.2) is 0 Å². The Labute approximate surface area is 140 Å². The number of carboxylic acids is 1. The summed E-state index contributed by atoms with van der Waals surface area (Å²) in [6.07, 6.45) is 3.20. The zero-order valence-electron chi connectivity index (χ0n) is 13.2. The number of nitrogens with one attached hydrogen (secondary N) is 1. The van der Waals surface area contributed by atoms with E-state index in [1.54, 1.807) is 42.7 Å². The van der Waals surface area contributed by atoms with E-state index >= 15 is 0 Å². The third-order valence-electron chi connectivity index (χ3n) is 4.02. The fourth-order valence-electron chi connectivity index (χ4n) is 2.89. The molecular weight excluding hydrogens is 304 g/mol. The molecule has 0 amide bonds. The molecule has 1 aromatic carbocycles. The lowest BCUT2D eigenvalue weighted by Crippen LogP contribution is -2.54. The number of aromatic nitrogens is 1. The number of carbonyl (C=O) groups excluding carboxylic acids is 1. The molecule has 0 saturated heterocycles. The van der Waals surface area contributed by atoms with Gasteiger partial charge in [-0.1, -0.05) is 30.3 Å². The van der Waals surface area contributed by atoms with Crippen LogP contribution in [0.5, 0.6) is 0 Å². The minimum atomic E-state index is -1.33. The summed E-state index contributed by atoms with van der Waals surface area (Å²) in [7, 11) is 0. The van der Waals surface area contributed by atoms with Crippen LogP contribution in [0.3, 0.4) is 0 Å². The van der Waals surface area contributed by atoms with Crippen molar-refractivity contribution in [1.82, 2.24) is 0 Å². The number of carbonyl (C=O) groups is 1. The van der Waals surface area contributed by atoms with Crippen LogP contribution in [-0.2, 0) is 4.79 Å². The van der Waals surface area contributed by atoms with Crippen LogP contribution < -0.4 is 15.4 Å². The maximum Gasteiger partial charge on any atom is 0.206 e. The average molecular weight is 322 g/mol. The van der Waals surface area contributed by atoms with E-state index in [0.29, 0.717) is 5.56 Å². The minimum absolute atomic E-state index is 0.367. The molecule has 0 spiro atoms. The third-order valence-corrected chi connectivity index (χ3v) is 4.02. The first-order chi connectivity index (χ1) is 11.5. The second-order valence-electron chi connectivity index (χ2n) is 5.53. The Morgan fingerprint density at radius 1 is 1.25 bits per heavy atom. The van der Waals surface area contributed by atoms with Gasteiger partial charge >= 0.3 is 0 Å². The highest BCUT2D eigenvalue weighted by Crippen LogP contribution is 2.34. The average Bonchev–Trinajstić information content (AvgIpc) is 2.55. The second-order valence-corrected chi connectivity index (χ2v) is 5.53. The van der Waals surface area contributed by atoms with Crippen molar-refractivity contribution in [2.75, 3.05) is 0 Å². The molecule has 0 aliphatic heterocycles. The van der Waals surface area contributed by atoms with Crippen LogP contribution in [0.25, 0.3) is 0 Å². The normalized spacial score (nSPS) is 14.2. The molecule has 2 rings (SSSR count). The molecule has 0 fully saturated rings. The zero-order valence-corrected chi connectivity index (χ0v) is 13.2. The first-order valence-corrected chi connectivity index (χ1v) is 7.43. The highest BCUT2D eigenvalue weighted by Gasteiger charge is 2.40. The van der Waals surface area contributed by atoms with Gasteiger partial charge in [-0.2, -0.15) is 9.83 Å². The smallest absolute Gasteiger partial charge is 0.206 e. The number of benzene rings is 1. The first kappa shape index (κ1) is 17.2. The van der Waals surface area contributed by atoms with Gasteiger partial charge in [0, 0.05) is 12.1 Å². The molecule has 1 aromatic heterocycles. The number of aryl methyl sites for hydroxylation is 1. The monoisotopic (exact) mass is 322 g/mol. The maximum atomic E-state index is 11.9. The van der Waals surface area contributed by atoms with E-state index in [1.165, 1.54) is 4.57 Å². The Morgan fingerprint density at radius 2 is 1.88 bits per heavy atom. The van der Waals surface area contributed by atoms with E-state index in [9.17, 15) is 15.2 Å². The molecule has 2 aromatic rings. The number of carboxylic acid groups (broad SMARTS) is 1. The molecule has 24 heavy (non-hydrogen) atoms. The predicted octanol–water partition coefficient (Wildman–Crippen LogP) is 0.433.